The number of ether oxygens (including phenoxy) is 1. The van der Waals surface area contributed by atoms with Crippen LogP contribution in [0.4, 0.5) is 0 Å². The molecule has 3 heteroatoms. The number of rotatable bonds is 4. The lowest BCUT2D eigenvalue weighted by atomic mass is 9.82. The quantitative estimate of drug-likeness (QED) is 0.862. The first kappa shape index (κ1) is 11.2. The molecule has 2 atom stereocenters. The van der Waals surface area contributed by atoms with Gasteiger partial charge in [-0.25, -0.2) is 0 Å². The number of hydrogen-bond acceptors (Lipinski definition) is 3. The van der Waals surface area contributed by atoms with Gasteiger partial charge < -0.3 is 10.1 Å². The maximum absolute atomic E-state index is 5.94. The fourth-order valence-corrected chi connectivity index (χ4v) is 3.35. The van der Waals surface area contributed by atoms with Crippen LogP contribution in [0.15, 0.2) is 24.5 Å². The Balaban J connectivity index is 1.54. The molecule has 2 fully saturated rings. The molecule has 0 amide bonds. The lowest BCUT2D eigenvalue weighted by molar-refractivity contribution is 0.0309. The van der Waals surface area contributed by atoms with Gasteiger partial charge in [-0.2, -0.15) is 0 Å². The highest BCUT2D eigenvalue weighted by Gasteiger charge is 2.46. The summed E-state index contributed by atoms with van der Waals surface area (Å²) in [6, 6.07) is 4.05. The molecule has 17 heavy (non-hydrogen) atoms. The Hall–Kier alpha value is -0.930. The minimum absolute atomic E-state index is 0.438. The molecule has 1 saturated heterocycles. The van der Waals surface area contributed by atoms with Gasteiger partial charge in [-0.1, -0.05) is 6.42 Å². The van der Waals surface area contributed by atoms with E-state index in [0.717, 1.165) is 25.7 Å². The Bertz CT molecular complexity index is 356. The van der Waals surface area contributed by atoms with E-state index < -0.39 is 0 Å². The smallest absolute Gasteiger partial charge is 0.0718 e. The van der Waals surface area contributed by atoms with Crippen molar-refractivity contribution in [2.45, 2.75) is 25.9 Å². The molecular formula is C14H20N2O. The summed E-state index contributed by atoms with van der Waals surface area (Å²) >= 11 is 0. The summed E-state index contributed by atoms with van der Waals surface area (Å²) in [5.74, 6) is 0.847. The standard InChI is InChI=1S/C14H20N2O/c1-2-13-8-16-10-14(13,5-1)11-17-9-12-3-6-15-7-4-12/h3-4,6-7,13,16H,1-2,5,8-11H2/t13-,14+/m1/s1. The second-order valence-corrected chi connectivity index (χ2v) is 5.43. The van der Waals surface area contributed by atoms with Crippen molar-refractivity contribution in [3.63, 3.8) is 0 Å². The molecule has 1 N–H and O–H groups in total. The number of nitrogens with one attached hydrogen (secondary N) is 1. The summed E-state index contributed by atoms with van der Waals surface area (Å²) in [6.45, 7) is 3.97. The molecule has 92 valence electrons. The minimum Gasteiger partial charge on any atom is -0.376 e. The summed E-state index contributed by atoms with van der Waals surface area (Å²) in [7, 11) is 0. The summed E-state index contributed by atoms with van der Waals surface area (Å²) in [4.78, 5) is 4.02. The monoisotopic (exact) mass is 232 g/mol. The van der Waals surface area contributed by atoms with E-state index in [2.05, 4.69) is 10.3 Å². The molecule has 2 heterocycles. The van der Waals surface area contributed by atoms with Crippen molar-refractivity contribution >= 4 is 0 Å². The van der Waals surface area contributed by atoms with E-state index in [1.165, 1.54) is 31.4 Å². The van der Waals surface area contributed by atoms with Crippen LogP contribution in [0.2, 0.25) is 0 Å². The van der Waals surface area contributed by atoms with Crippen molar-refractivity contribution in [3.05, 3.63) is 30.1 Å². The van der Waals surface area contributed by atoms with Crippen LogP contribution in [-0.2, 0) is 11.3 Å². The molecule has 1 aliphatic heterocycles. The third-order valence-corrected chi connectivity index (χ3v) is 4.37. The molecule has 0 bridgehead atoms. The zero-order valence-electron chi connectivity index (χ0n) is 10.2. The first-order chi connectivity index (χ1) is 8.39. The van der Waals surface area contributed by atoms with E-state index in [-0.39, 0.29) is 0 Å². The second kappa shape index (κ2) is 4.75. The number of fused-ring (bicyclic) bond motifs is 1. The molecule has 1 aromatic heterocycles. The molecule has 1 saturated carbocycles. The number of aromatic nitrogens is 1. The van der Waals surface area contributed by atoms with Crippen molar-refractivity contribution in [1.82, 2.24) is 10.3 Å². The van der Waals surface area contributed by atoms with Gasteiger partial charge in [-0.15, -0.1) is 0 Å². The van der Waals surface area contributed by atoms with E-state index in [0.29, 0.717) is 5.41 Å². The number of nitrogens with zero attached hydrogens (tertiary/aromatic N) is 1. The van der Waals surface area contributed by atoms with Crippen LogP contribution in [0.1, 0.15) is 24.8 Å². The fourth-order valence-electron chi connectivity index (χ4n) is 3.35. The highest BCUT2D eigenvalue weighted by atomic mass is 16.5. The number of pyridine rings is 1. The third-order valence-electron chi connectivity index (χ3n) is 4.37. The maximum atomic E-state index is 5.94. The zero-order chi connectivity index (χ0) is 11.6. The van der Waals surface area contributed by atoms with Gasteiger partial charge in [0.1, 0.15) is 0 Å². The van der Waals surface area contributed by atoms with Crippen LogP contribution >= 0.6 is 0 Å². The van der Waals surface area contributed by atoms with E-state index in [9.17, 15) is 0 Å². The van der Waals surface area contributed by atoms with E-state index in [1.54, 1.807) is 0 Å². The highest BCUT2D eigenvalue weighted by Crippen LogP contribution is 2.45. The Kier molecular flexibility index (Phi) is 3.12. The average Bonchev–Trinajstić information content (AvgIpc) is 2.89. The van der Waals surface area contributed by atoms with Gasteiger partial charge in [-0.3, -0.25) is 4.98 Å². The molecule has 3 rings (SSSR count). The predicted octanol–water partition coefficient (Wildman–Crippen LogP) is 1.99. The van der Waals surface area contributed by atoms with Crippen LogP contribution in [0.25, 0.3) is 0 Å². The Morgan fingerprint density at radius 3 is 3.18 bits per heavy atom. The van der Waals surface area contributed by atoms with Gasteiger partial charge in [0.15, 0.2) is 0 Å². The molecule has 1 aromatic rings. The largest absolute Gasteiger partial charge is 0.376 e. The van der Waals surface area contributed by atoms with Crippen LogP contribution in [0, 0.1) is 11.3 Å². The summed E-state index contributed by atoms with van der Waals surface area (Å²) in [5, 5.41) is 3.52. The van der Waals surface area contributed by atoms with Crippen molar-refractivity contribution in [2.75, 3.05) is 19.7 Å². The van der Waals surface area contributed by atoms with E-state index >= 15 is 0 Å². The van der Waals surface area contributed by atoms with Crippen molar-refractivity contribution in [1.29, 1.82) is 0 Å². The molecule has 0 radical (unpaired) electrons. The zero-order valence-corrected chi connectivity index (χ0v) is 10.2. The van der Waals surface area contributed by atoms with Crippen LogP contribution in [-0.4, -0.2) is 24.7 Å². The third kappa shape index (κ3) is 2.22. The first-order valence-corrected chi connectivity index (χ1v) is 6.56. The van der Waals surface area contributed by atoms with Gasteiger partial charge in [0, 0.05) is 24.4 Å². The van der Waals surface area contributed by atoms with Gasteiger partial charge in [0.25, 0.3) is 0 Å². The normalized spacial score (nSPS) is 31.6. The predicted molar refractivity (Wildman–Crippen MR) is 66.5 cm³/mol. The van der Waals surface area contributed by atoms with Crippen LogP contribution in [0.5, 0.6) is 0 Å². The molecule has 2 aliphatic rings. The lowest BCUT2D eigenvalue weighted by Gasteiger charge is -2.28. The highest BCUT2D eigenvalue weighted by molar-refractivity contribution is 5.08. The van der Waals surface area contributed by atoms with E-state index in [1.807, 2.05) is 24.5 Å². The van der Waals surface area contributed by atoms with Gasteiger partial charge in [-0.05, 0) is 43.0 Å². The van der Waals surface area contributed by atoms with Gasteiger partial charge in [0.05, 0.1) is 13.2 Å². The average molecular weight is 232 g/mol. The topological polar surface area (TPSA) is 34.1 Å². The molecule has 1 aliphatic carbocycles. The fraction of sp³-hybridized carbons (Fsp3) is 0.643. The molecule has 0 unspecified atom stereocenters. The Morgan fingerprint density at radius 1 is 1.41 bits per heavy atom. The van der Waals surface area contributed by atoms with Crippen LogP contribution < -0.4 is 5.32 Å². The summed E-state index contributed by atoms with van der Waals surface area (Å²) in [6.07, 6.45) is 7.75. The summed E-state index contributed by atoms with van der Waals surface area (Å²) in [5.41, 5.74) is 1.66. The molecule has 0 aromatic carbocycles. The Morgan fingerprint density at radius 2 is 2.29 bits per heavy atom. The second-order valence-electron chi connectivity index (χ2n) is 5.43. The SMILES string of the molecule is c1cc(COC[C@@]23CCC[C@@H]2CNC3)ccn1. The molecule has 0 spiro atoms. The summed E-state index contributed by atoms with van der Waals surface area (Å²) < 4.78 is 5.94. The molecular weight excluding hydrogens is 212 g/mol. The Labute approximate surface area is 103 Å². The van der Waals surface area contributed by atoms with Crippen LogP contribution in [0.3, 0.4) is 0 Å². The first-order valence-electron chi connectivity index (χ1n) is 6.56. The van der Waals surface area contributed by atoms with Crippen molar-refractivity contribution in [3.8, 4) is 0 Å². The van der Waals surface area contributed by atoms with E-state index in [4.69, 9.17) is 4.74 Å². The number of hydrogen-bond donors (Lipinski definition) is 1. The minimum atomic E-state index is 0.438. The van der Waals surface area contributed by atoms with Crippen molar-refractivity contribution in [2.24, 2.45) is 11.3 Å². The van der Waals surface area contributed by atoms with Gasteiger partial charge in [0.2, 0.25) is 0 Å². The van der Waals surface area contributed by atoms with Crippen molar-refractivity contribution < 1.29 is 4.74 Å². The lowest BCUT2D eigenvalue weighted by Crippen LogP contribution is -2.31. The maximum Gasteiger partial charge on any atom is 0.0718 e. The molecule has 3 nitrogen and oxygen atoms in total. The van der Waals surface area contributed by atoms with Gasteiger partial charge >= 0.3 is 0 Å².